The second kappa shape index (κ2) is 4.33. The van der Waals surface area contributed by atoms with Crippen LogP contribution in [0.4, 0.5) is 8.78 Å². The molecule has 9 heteroatoms. The van der Waals surface area contributed by atoms with Gasteiger partial charge in [0.15, 0.2) is 6.35 Å². The maximum atomic E-state index is 14.2. The van der Waals surface area contributed by atoms with Gasteiger partial charge >= 0.3 is 13.5 Å². The van der Waals surface area contributed by atoms with Crippen LogP contribution in [-0.2, 0) is 10.5 Å². The van der Waals surface area contributed by atoms with Crippen LogP contribution in [0.1, 0.15) is 10.4 Å². The predicted molar refractivity (Wildman–Crippen MR) is 68.1 cm³/mol. The number of alkyl halides is 2. The Kier molecular flexibility index (Phi) is 2.95. The van der Waals surface area contributed by atoms with E-state index in [4.69, 9.17) is 14.5 Å². The van der Waals surface area contributed by atoms with Gasteiger partial charge in [-0.2, -0.15) is 8.78 Å². The number of fused-ring (bicyclic) bond motifs is 3. The summed E-state index contributed by atoms with van der Waals surface area (Å²) < 4.78 is 44.2. The number of hydrogen-bond donors (Lipinski definition) is 2. The van der Waals surface area contributed by atoms with Gasteiger partial charge in [-0.3, -0.25) is 4.57 Å². The van der Waals surface area contributed by atoms with Crippen LogP contribution in [-0.4, -0.2) is 21.1 Å². The first-order chi connectivity index (χ1) is 9.31. The Morgan fingerprint density at radius 1 is 1.40 bits per heavy atom. The minimum Gasteiger partial charge on any atom is -0.480 e. The van der Waals surface area contributed by atoms with Crippen molar-refractivity contribution in [3.05, 3.63) is 34.2 Å². The summed E-state index contributed by atoms with van der Waals surface area (Å²) in [6.07, 6.45) is -0.867. The molecule has 0 aliphatic heterocycles. The van der Waals surface area contributed by atoms with Crippen LogP contribution in [0.2, 0.25) is 0 Å². The third-order valence-electron chi connectivity index (χ3n) is 2.84. The molecule has 2 N–H and O–H groups in total. The second-order valence-corrected chi connectivity index (χ2v) is 6.66. The Labute approximate surface area is 116 Å². The Morgan fingerprint density at radius 3 is 2.85 bits per heavy atom. The molecule has 0 unspecified atom stereocenters. The van der Waals surface area contributed by atoms with E-state index in [0.29, 0.717) is 0 Å². The minimum atomic E-state index is -4.39. The molecule has 0 saturated carbocycles. The van der Waals surface area contributed by atoms with E-state index in [2.05, 4.69) is 4.98 Å². The van der Waals surface area contributed by atoms with Crippen LogP contribution >= 0.6 is 18.9 Å². The van der Waals surface area contributed by atoms with Crippen molar-refractivity contribution in [3.8, 4) is 17.0 Å². The van der Waals surface area contributed by atoms with Gasteiger partial charge in [0.1, 0.15) is 10.6 Å². The van der Waals surface area contributed by atoms with Crippen molar-refractivity contribution in [2.75, 3.05) is 6.35 Å². The highest BCUT2D eigenvalue weighted by Crippen LogP contribution is 2.55. The van der Waals surface area contributed by atoms with Gasteiger partial charge in [0, 0.05) is 5.56 Å². The first kappa shape index (κ1) is 13.6. The summed E-state index contributed by atoms with van der Waals surface area (Å²) in [5.74, 6) is -3.16. The van der Waals surface area contributed by atoms with Crippen molar-refractivity contribution >= 4 is 18.9 Å². The standard InChI is InChI=1S/C11H8F2NO4PS/c12-11(13)6-2-1-3-7(18-5-19(15,16)17)8(6)9-10(11)20-4-14-9/h1-4H,5H2,(H2,15,16,17). The normalized spacial score (nSPS) is 15.8. The Balaban J connectivity index is 2.10. The average molecular weight is 319 g/mol. The van der Waals surface area contributed by atoms with Gasteiger partial charge in [-0.25, -0.2) is 4.98 Å². The quantitative estimate of drug-likeness (QED) is 0.851. The molecule has 0 amide bonds. The molecule has 0 saturated heterocycles. The van der Waals surface area contributed by atoms with Gasteiger partial charge in [-0.05, 0) is 6.07 Å². The smallest absolute Gasteiger partial charge is 0.362 e. The molecule has 0 bridgehead atoms. The van der Waals surface area contributed by atoms with Crippen LogP contribution < -0.4 is 4.74 Å². The lowest BCUT2D eigenvalue weighted by molar-refractivity contribution is 0.0517. The fraction of sp³-hybridized carbons (Fsp3) is 0.182. The first-order valence-electron chi connectivity index (χ1n) is 5.44. The molecular formula is C11H8F2NO4PS. The monoisotopic (exact) mass is 319 g/mol. The third kappa shape index (κ3) is 2.05. The fourth-order valence-electron chi connectivity index (χ4n) is 2.08. The van der Waals surface area contributed by atoms with E-state index in [0.717, 1.165) is 11.3 Å². The highest BCUT2D eigenvalue weighted by molar-refractivity contribution is 7.51. The molecule has 106 valence electrons. The largest absolute Gasteiger partial charge is 0.480 e. The zero-order valence-corrected chi connectivity index (χ0v) is 11.5. The molecule has 1 aliphatic rings. The summed E-state index contributed by atoms with van der Waals surface area (Å²) in [5.41, 5.74) is 1.26. The van der Waals surface area contributed by atoms with E-state index in [1.54, 1.807) is 0 Å². The molecule has 0 spiro atoms. The lowest BCUT2D eigenvalue weighted by atomic mass is 10.1. The predicted octanol–water partition coefficient (Wildman–Crippen LogP) is 2.78. The molecule has 0 atom stereocenters. The van der Waals surface area contributed by atoms with Crippen LogP contribution in [0.15, 0.2) is 23.7 Å². The first-order valence-corrected chi connectivity index (χ1v) is 8.11. The van der Waals surface area contributed by atoms with E-state index >= 15 is 0 Å². The van der Waals surface area contributed by atoms with Crippen molar-refractivity contribution < 1.29 is 27.9 Å². The Morgan fingerprint density at radius 2 is 2.15 bits per heavy atom. The average Bonchev–Trinajstić information content (AvgIpc) is 2.90. The summed E-state index contributed by atoms with van der Waals surface area (Å²) in [6, 6.07) is 4.01. The van der Waals surface area contributed by atoms with Crippen LogP contribution in [0.5, 0.6) is 5.75 Å². The summed E-state index contributed by atoms with van der Waals surface area (Å²) in [4.78, 5) is 21.3. The number of ether oxygens (including phenoxy) is 1. The lowest BCUT2D eigenvalue weighted by Gasteiger charge is -2.13. The van der Waals surface area contributed by atoms with Crippen LogP contribution in [0.3, 0.4) is 0 Å². The number of hydrogen-bond acceptors (Lipinski definition) is 4. The van der Waals surface area contributed by atoms with Gasteiger partial charge in [0.2, 0.25) is 0 Å². The van der Waals surface area contributed by atoms with E-state index in [-0.39, 0.29) is 27.4 Å². The number of aromatic nitrogens is 1. The maximum Gasteiger partial charge on any atom is 0.362 e. The summed E-state index contributed by atoms with van der Waals surface area (Å²) >= 11 is 0.838. The highest BCUT2D eigenvalue weighted by atomic mass is 32.1. The number of rotatable bonds is 3. The molecule has 1 aromatic carbocycles. The zero-order chi connectivity index (χ0) is 14.5. The third-order valence-corrected chi connectivity index (χ3v) is 4.20. The molecule has 1 heterocycles. The molecule has 0 radical (unpaired) electrons. The minimum absolute atomic E-state index is 0.00449. The number of halogens is 2. The topological polar surface area (TPSA) is 79.7 Å². The highest BCUT2D eigenvalue weighted by Gasteiger charge is 2.48. The van der Waals surface area contributed by atoms with Gasteiger partial charge in [-0.1, -0.05) is 12.1 Å². The van der Waals surface area contributed by atoms with E-state index in [1.807, 2.05) is 0 Å². The number of nitrogens with zero attached hydrogens (tertiary/aromatic N) is 1. The summed E-state index contributed by atoms with van der Waals surface area (Å²) in [7, 11) is -4.39. The molecule has 3 rings (SSSR count). The SMILES string of the molecule is O=P(O)(O)COc1cccc2c1-c1ncsc1C2(F)F. The summed E-state index contributed by atoms with van der Waals surface area (Å²) in [6.45, 7) is 0. The Hall–Kier alpha value is -1.34. The molecule has 20 heavy (non-hydrogen) atoms. The van der Waals surface area contributed by atoms with E-state index in [1.165, 1.54) is 23.7 Å². The van der Waals surface area contributed by atoms with E-state index in [9.17, 15) is 13.3 Å². The van der Waals surface area contributed by atoms with Gasteiger partial charge in [-0.15, -0.1) is 11.3 Å². The number of thiazole rings is 1. The molecule has 0 fully saturated rings. The van der Waals surface area contributed by atoms with E-state index < -0.39 is 19.9 Å². The molecule has 5 nitrogen and oxygen atoms in total. The molecule has 1 aliphatic carbocycles. The molecular weight excluding hydrogens is 311 g/mol. The van der Waals surface area contributed by atoms with Crippen LogP contribution in [0.25, 0.3) is 11.3 Å². The van der Waals surface area contributed by atoms with Crippen molar-refractivity contribution in [3.63, 3.8) is 0 Å². The second-order valence-electron chi connectivity index (χ2n) is 4.22. The van der Waals surface area contributed by atoms with Crippen molar-refractivity contribution in [1.29, 1.82) is 0 Å². The van der Waals surface area contributed by atoms with Gasteiger partial charge < -0.3 is 14.5 Å². The lowest BCUT2D eigenvalue weighted by Crippen LogP contribution is -2.09. The number of benzene rings is 1. The molecule has 1 aromatic heterocycles. The van der Waals surface area contributed by atoms with Crippen molar-refractivity contribution in [2.45, 2.75) is 5.92 Å². The Bertz CT molecular complexity index is 727. The van der Waals surface area contributed by atoms with Crippen molar-refractivity contribution in [2.24, 2.45) is 0 Å². The van der Waals surface area contributed by atoms with Gasteiger partial charge in [0.25, 0.3) is 0 Å². The van der Waals surface area contributed by atoms with Crippen molar-refractivity contribution in [1.82, 2.24) is 4.98 Å². The fourth-order valence-corrected chi connectivity index (χ4v) is 3.18. The summed E-state index contributed by atoms with van der Waals surface area (Å²) in [5, 5.41) is 0. The maximum absolute atomic E-state index is 14.2. The van der Waals surface area contributed by atoms with Crippen LogP contribution in [0, 0.1) is 0 Å². The zero-order valence-electron chi connectivity index (χ0n) is 9.79. The molecule has 2 aromatic rings. The van der Waals surface area contributed by atoms with Gasteiger partial charge in [0.05, 0.1) is 16.8 Å².